The number of anilines is 1. The molecule has 2 atom stereocenters. The Hall–Kier alpha value is -1.55. The van der Waals surface area contributed by atoms with Gasteiger partial charge in [0.15, 0.2) is 0 Å². The van der Waals surface area contributed by atoms with E-state index in [1.165, 1.54) is 23.9 Å². The molecule has 1 fully saturated rings. The molecular formula is C17H24N2O2. The second-order valence-electron chi connectivity index (χ2n) is 6.19. The predicted octanol–water partition coefficient (Wildman–Crippen LogP) is 2.28. The zero-order chi connectivity index (χ0) is 14.8. The molecule has 1 saturated heterocycles. The van der Waals surface area contributed by atoms with Crippen LogP contribution in [0.25, 0.3) is 0 Å². The summed E-state index contributed by atoms with van der Waals surface area (Å²) in [6.07, 6.45) is 1.99. The first-order valence-electron chi connectivity index (χ1n) is 7.86. The summed E-state index contributed by atoms with van der Waals surface area (Å²) in [6.45, 7) is 6.06. The van der Waals surface area contributed by atoms with E-state index < -0.39 is 0 Å². The molecule has 0 aromatic heterocycles. The van der Waals surface area contributed by atoms with Gasteiger partial charge in [0.05, 0.1) is 13.0 Å². The van der Waals surface area contributed by atoms with Crippen LogP contribution in [0.5, 0.6) is 0 Å². The molecule has 0 bridgehead atoms. The Labute approximate surface area is 126 Å². The second-order valence-corrected chi connectivity index (χ2v) is 6.19. The first-order valence-corrected chi connectivity index (χ1v) is 7.86. The fourth-order valence-corrected chi connectivity index (χ4v) is 3.68. The van der Waals surface area contributed by atoms with Crippen molar-refractivity contribution in [1.29, 1.82) is 0 Å². The maximum absolute atomic E-state index is 11.8. The summed E-state index contributed by atoms with van der Waals surface area (Å²) >= 11 is 0. The predicted molar refractivity (Wildman–Crippen MR) is 83.5 cm³/mol. The van der Waals surface area contributed by atoms with Crippen molar-refractivity contribution >= 4 is 11.7 Å². The lowest BCUT2D eigenvalue weighted by molar-refractivity contribution is -0.145. The lowest BCUT2D eigenvalue weighted by Gasteiger charge is -2.37. The molecule has 0 amide bonds. The molecule has 2 aliphatic heterocycles. The summed E-state index contributed by atoms with van der Waals surface area (Å²) < 4.78 is 4.93. The van der Waals surface area contributed by atoms with Gasteiger partial charge >= 0.3 is 5.97 Å². The second kappa shape index (κ2) is 6.06. The third kappa shape index (κ3) is 2.77. The van der Waals surface area contributed by atoms with Crippen molar-refractivity contribution in [3.05, 3.63) is 29.3 Å². The van der Waals surface area contributed by atoms with Gasteiger partial charge in [-0.15, -0.1) is 0 Å². The normalized spacial score (nSPS) is 25.3. The lowest BCUT2D eigenvalue weighted by Crippen LogP contribution is -2.40. The summed E-state index contributed by atoms with van der Waals surface area (Å²) in [5, 5.41) is 3.46. The van der Waals surface area contributed by atoms with E-state index in [-0.39, 0.29) is 11.9 Å². The van der Waals surface area contributed by atoms with Gasteiger partial charge in [0.25, 0.3) is 0 Å². The Bertz CT molecular complexity index is 530. The SMILES string of the molecule is COC(=O)C1CCCN(c2cccc3c2C(C)CNC3)C1. The molecular weight excluding hydrogens is 264 g/mol. The monoisotopic (exact) mass is 288 g/mol. The minimum Gasteiger partial charge on any atom is -0.469 e. The standard InChI is InChI=1S/C17H24N2O2/c1-12-9-18-10-13-5-3-7-15(16(12)13)19-8-4-6-14(11-19)17(20)21-2/h3,5,7,12,14,18H,4,6,8-11H2,1-2H3. The number of rotatable bonds is 2. The number of fused-ring (bicyclic) bond motifs is 1. The highest BCUT2D eigenvalue weighted by Gasteiger charge is 2.29. The summed E-state index contributed by atoms with van der Waals surface area (Å²) in [4.78, 5) is 14.2. The van der Waals surface area contributed by atoms with Gasteiger partial charge in [-0.25, -0.2) is 0 Å². The quantitative estimate of drug-likeness (QED) is 0.848. The van der Waals surface area contributed by atoms with E-state index in [0.29, 0.717) is 5.92 Å². The molecule has 114 valence electrons. The van der Waals surface area contributed by atoms with Crippen LogP contribution in [-0.2, 0) is 16.1 Å². The third-order valence-electron chi connectivity index (χ3n) is 4.73. The van der Waals surface area contributed by atoms with Crippen molar-refractivity contribution in [1.82, 2.24) is 5.32 Å². The number of methoxy groups -OCH3 is 1. The fraction of sp³-hybridized carbons (Fsp3) is 0.588. The Kier molecular flexibility index (Phi) is 4.15. The number of nitrogens with one attached hydrogen (secondary N) is 1. The molecule has 0 saturated carbocycles. The van der Waals surface area contributed by atoms with E-state index in [0.717, 1.165) is 39.0 Å². The van der Waals surface area contributed by atoms with Crippen LogP contribution in [0.1, 0.15) is 36.8 Å². The zero-order valence-corrected chi connectivity index (χ0v) is 12.9. The number of ether oxygens (including phenoxy) is 1. The van der Waals surface area contributed by atoms with Gasteiger partial charge in [-0.05, 0) is 36.0 Å². The number of nitrogens with zero attached hydrogens (tertiary/aromatic N) is 1. The number of carbonyl (C=O) groups excluding carboxylic acids is 1. The fourth-order valence-electron chi connectivity index (χ4n) is 3.68. The molecule has 21 heavy (non-hydrogen) atoms. The van der Waals surface area contributed by atoms with Crippen LogP contribution in [0.3, 0.4) is 0 Å². The average Bonchev–Trinajstić information content (AvgIpc) is 2.54. The summed E-state index contributed by atoms with van der Waals surface area (Å²) in [6, 6.07) is 6.55. The van der Waals surface area contributed by atoms with Gasteiger partial charge in [-0.2, -0.15) is 0 Å². The first-order chi connectivity index (χ1) is 10.2. The van der Waals surface area contributed by atoms with Gasteiger partial charge in [0.1, 0.15) is 0 Å². The Balaban J connectivity index is 1.88. The molecule has 3 rings (SSSR count). The third-order valence-corrected chi connectivity index (χ3v) is 4.73. The number of esters is 1. The van der Waals surface area contributed by atoms with Crippen molar-refractivity contribution in [2.75, 3.05) is 31.6 Å². The Morgan fingerprint density at radius 1 is 1.43 bits per heavy atom. The first kappa shape index (κ1) is 14.4. The Morgan fingerprint density at radius 2 is 2.29 bits per heavy atom. The molecule has 1 aromatic carbocycles. The van der Waals surface area contributed by atoms with Crippen molar-refractivity contribution in [3.63, 3.8) is 0 Å². The van der Waals surface area contributed by atoms with Crippen molar-refractivity contribution in [2.45, 2.75) is 32.2 Å². The van der Waals surface area contributed by atoms with E-state index in [1.54, 1.807) is 0 Å². The van der Waals surface area contributed by atoms with E-state index in [1.807, 2.05) is 0 Å². The lowest BCUT2D eigenvalue weighted by atomic mass is 9.89. The number of piperidine rings is 1. The van der Waals surface area contributed by atoms with Gasteiger partial charge in [-0.1, -0.05) is 19.1 Å². The molecule has 0 spiro atoms. The summed E-state index contributed by atoms with van der Waals surface area (Å²) in [5.74, 6) is 0.458. The van der Waals surface area contributed by atoms with Gasteiger partial charge in [0.2, 0.25) is 0 Å². The molecule has 1 aromatic rings. The molecule has 1 N–H and O–H groups in total. The van der Waals surface area contributed by atoms with Crippen LogP contribution in [0.2, 0.25) is 0 Å². The van der Waals surface area contributed by atoms with E-state index in [2.05, 4.69) is 35.3 Å². The maximum atomic E-state index is 11.8. The van der Waals surface area contributed by atoms with Crippen LogP contribution >= 0.6 is 0 Å². The van der Waals surface area contributed by atoms with Crippen LogP contribution in [-0.4, -0.2) is 32.7 Å². The van der Waals surface area contributed by atoms with E-state index in [4.69, 9.17) is 4.74 Å². The van der Waals surface area contributed by atoms with Gasteiger partial charge in [-0.3, -0.25) is 4.79 Å². The highest BCUT2D eigenvalue weighted by molar-refractivity contribution is 5.74. The average molecular weight is 288 g/mol. The molecule has 4 heteroatoms. The number of benzene rings is 1. The highest BCUT2D eigenvalue weighted by atomic mass is 16.5. The van der Waals surface area contributed by atoms with Crippen LogP contribution in [0.4, 0.5) is 5.69 Å². The Morgan fingerprint density at radius 3 is 3.10 bits per heavy atom. The molecule has 4 nitrogen and oxygen atoms in total. The topological polar surface area (TPSA) is 41.6 Å². The van der Waals surface area contributed by atoms with E-state index >= 15 is 0 Å². The number of carbonyl (C=O) groups is 1. The molecule has 0 aliphatic carbocycles. The number of hydrogen-bond acceptors (Lipinski definition) is 4. The molecule has 0 radical (unpaired) electrons. The minimum absolute atomic E-state index is 0.0108. The number of hydrogen-bond donors (Lipinski definition) is 1. The van der Waals surface area contributed by atoms with Crippen LogP contribution in [0, 0.1) is 5.92 Å². The van der Waals surface area contributed by atoms with Crippen molar-refractivity contribution in [3.8, 4) is 0 Å². The van der Waals surface area contributed by atoms with Gasteiger partial charge < -0.3 is 15.0 Å². The molecule has 2 unspecified atom stereocenters. The summed E-state index contributed by atoms with van der Waals surface area (Å²) in [5.41, 5.74) is 4.17. The largest absolute Gasteiger partial charge is 0.469 e. The smallest absolute Gasteiger partial charge is 0.310 e. The highest BCUT2D eigenvalue weighted by Crippen LogP contribution is 2.35. The van der Waals surface area contributed by atoms with E-state index in [9.17, 15) is 4.79 Å². The minimum atomic E-state index is -0.0702. The van der Waals surface area contributed by atoms with Crippen molar-refractivity contribution in [2.24, 2.45) is 5.92 Å². The maximum Gasteiger partial charge on any atom is 0.310 e. The molecule has 2 heterocycles. The molecule has 2 aliphatic rings. The van der Waals surface area contributed by atoms with Crippen LogP contribution < -0.4 is 10.2 Å². The summed E-state index contributed by atoms with van der Waals surface area (Å²) in [7, 11) is 1.49. The van der Waals surface area contributed by atoms with Gasteiger partial charge in [0, 0.05) is 31.9 Å². The zero-order valence-electron chi connectivity index (χ0n) is 12.9. The van der Waals surface area contributed by atoms with Crippen molar-refractivity contribution < 1.29 is 9.53 Å². The van der Waals surface area contributed by atoms with Crippen LogP contribution in [0.15, 0.2) is 18.2 Å².